The van der Waals surface area contributed by atoms with Gasteiger partial charge in [-0.05, 0) is 18.4 Å². The van der Waals surface area contributed by atoms with Crippen molar-refractivity contribution in [1.29, 1.82) is 0 Å². The van der Waals surface area contributed by atoms with E-state index in [-0.39, 0.29) is 23.4 Å². The van der Waals surface area contributed by atoms with Crippen LogP contribution in [0.5, 0.6) is 5.75 Å². The Morgan fingerprint density at radius 2 is 1.73 bits per heavy atom. The number of nitrogens with one attached hydrogen (secondary N) is 2. The van der Waals surface area contributed by atoms with E-state index in [4.69, 9.17) is 0 Å². The number of fused-ring (bicyclic) bond motifs is 1. The molecule has 1 aliphatic carbocycles. The topological polar surface area (TPSA) is 80.4 Å². The van der Waals surface area contributed by atoms with Crippen LogP contribution in [0.1, 0.15) is 17.7 Å². The summed E-state index contributed by atoms with van der Waals surface area (Å²) in [5.74, 6) is -4.20. The molecule has 0 amide bonds. The Morgan fingerprint density at radius 3 is 2.30 bits per heavy atom. The van der Waals surface area contributed by atoms with Crippen LogP contribution in [0.25, 0.3) is 0 Å². The maximum atomic E-state index is 14.1. The van der Waals surface area contributed by atoms with Crippen LogP contribution < -0.4 is 9.46 Å². The van der Waals surface area contributed by atoms with Crippen molar-refractivity contribution in [2.75, 3.05) is 4.72 Å². The van der Waals surface area contributed by atoms with Gasteiger partial charge in [-0.2, -0.15) is 30.7 Å². The molecular weight excluding hydrogens is 499 g/mol. The second-order valence-electron chi connectivity index (χ2n) is 6.90. The summed E-state index contributed by atoms with van der Waals surface area (Å²) < 4.78 is 152. The number of sulfonamides is 1. The van der Waals surface area contributed by atoms with Gasteiger partial charge in [-0.25, -0.2) is 17.2 Å². The highest BCUT2D eigenvalue weighted by Gasteiger charge is 2.59. The van der Waals surface area contributed by atoms with Crippen molar-refractivity contribution in [3.05, 3.63) is 41.2 Å². The molecule has 0 unspecified atom stereocenters. The molecule has 0 aliphatic heterocycles. The minimum absolute atomic E-state index is 0.172. The predicted molar refractivity (Wildman–Crippen MR) is 92.5 cm³/mol. The number of halogens is 9. The summed E-state index contributed by atoms with van der Waals surface area (Å²) in [6.07, 6.45) is -7.28. The number of H-pyrrole nitrogens is 1. The fourth-order valence-electron chi connectivity index (χ4n) is 3.42. The summed E-state index contributed by atoms with van der Waals surface area (Å²) in [6, 6.07) is 0.403. The van der Waals surface area contributed by atoms with Crippen molar-refractivity contribution in [2.24, 2.45) is 0 Å². The maximum Gasteiger partial charge on any atom is 0.418 e. The predicted octanol–water partition coefficient (Wildman–Crippen LogP) is 4.72. The lowest BCUT2D eigenvalue weighted by atomic mass is 9.83. The number of benzene rings is 1. The van der Waals surface area contributed by atoms with Crippen molar-refractivity contribution in [1.82, 2.24) is 4.98 Å². The molecule has 184 valence electrons. The molecule has 3 rings (SSSR count). The van der Waals surface area contributed by atoms with Gasteiger partial charge in [0, 0.05) is 30.4 Å². The van der Waals surface area contributed by atoms with E-state index in [9.17, 15) is 47.9 Å². The summed E-state index contributed by atoms with van der Waals surface area (Å²) >= 11 is 0. The highest BCUT2D eigenvalue weighted by atomic mass is 32.2. The number of alkyl halides is 7. The van der Waals surface area contributed by atoms with E-state index in [0.29, 0.717) is 0 Å². The van der Waals surface area contributed by atoms with Gasteiger partial charge in [0.1, 0.15) is 4.90 Å². The number of aromatic amines is 1. The van der Waals surface area contributed by atoms with Gasteiger partial charge in [0.15, 0.2) is 23.0 Å². The minimum Gasteiger partial charge on any atom is -0.432 e. The van der Waals surface area contributed by atoms with E-state index in [2.05, 4.69) is 14.5 Å². The number of hydrogen-bond donors (Lipinski definition) is 2. The summed E-state index contributed by atoms with van der Waals surface area (Å²) in [5, 5.41) is 0. The smallest absolute Gasteiger partial charge is 0.418 e. The second-order valence-corrected chi connectivity index (χ2v) is 8.55. The van der Waals surface area contributed by atoms with E-state index in [1.54, 1.807) is 4.72 Å². The fourth-order valence-corrected chi connectivity index (χ4v) is 4.74. The Bertz CT molecular complexity index is 1130. The van der Waals surface area contributed by atoms with E-state index < -0.39 is 82.3 Å². The lowest BCUT2D eigenvalue weighted by Gasteiger charge is -2.38. The van der Waals surface area contributed by atoms with Crippen LogP contribution in [0.2, 0.25) is 0 Å². The van der Waals surface area contributed by atoms with Crippen molar-refractivity contribution in [2.45, 2.75) is 49.2 Å². The van der Waals surface area contributed by atoms with Crippen LogP contribution in [0.4, 0.5) is 45.2 Å². The first-order valence-corrected chi connectivity index (χ1v) is 10.3. The molecule has 33 heavy (non-hydrogen) atoms. The van der Waals surface area contributed by atoms with Gasteiger partial charge in [-0.3, -0.25) is 4.72 Å². The van der Waals surface area contributed by atoms with Gasteiger partial charge >= 0.3 is 19.4 Å². The van der Waals surface area contributed by atoms with Crippen LogP contribution >= 0.6 is 0 Å². The minimum atomic E-state index is -5.20. The Balaban J connectivity index is 1.91. The third kappa shape index (κ3) is 5.00. The molecule has 1 atom stereocenters. The average molecular weight is 512 g/mol. The molecular formula is C17H13F9N2O4S. The van der Waals surface area contributed by atoms with Gasteiger partial charge in [0.05, 0.1) is 5.69 Å². The SMILES string of the molecule is O=S(=O)(Nc1cc(F)c(OC(F)F)cc1F)c1c[nH]c2c1CC[C@@](OC(F)F)(C(F)(F)F)C2. The fraction of sp³-hybridized carbons (Fsp3) is 0.412. The molecule has 2 aromatic rings. The molecule has 1 aliphatic rings. The largest absolute Gasteiger partial charge is 0.432 e. The zero-order valence-electron chi connectivity index (χ0n) is 16.0. The number of hydrogen-bond acceptors (Lipinski definition) is 4. The first kappa shape index (κ1) is 25.0. The Kier molecular flexibility index (Phi) is 6.54. The first-order valence-electron chi connectivity index (χ1n) is 8.84. The zero-order valence-corrected chi connectivity index (χ0v) is 16.8. The van der Waals surface area contributed by atoms with E-state index >= 15 is 0 Å². The highest BCUT2D eigenvalue weighted by Crippen LogP contribution is 2.45. The molecule has 0 fully saturated rings. The summed E-state index contributed by atoms with van der Waals surface area (Å²) in [4.78, 5) is 1.62. The Labute approximate surface area is 179 Å². The molecule has 0 radical (unpaired) electrons. The maximum absolute atomic E-state index is 14.1. The van der Waals surface area contributed by atoms with Crippen LogP contribution in [0.3, 0.4) is 0 Å². The summed E-state index contributed by atoms with van der Waals surface area (Å²) in [5.41, 5.74) is -4.81. The zero-order chi connectivity index (χ0) is 24.8. The number of rotatable bonds is 7. The van der Waals surface area contributed by atoms with Crippen molar-refractivity contribution < 1.29 is 57.4 Å². The monoisotopic (exact) mass is 512 g/mol. The third-order valence-corrected chi connectivity index (χ3v) is 6.32. The Morgan fingerprint density at radius 1 is 1.06 bits per heavy atom. The van der Waals surface area contributed by atoms with E-state index in [1.807, 2.05) is 0 Å². The normalized spacial score (nSPS) is 19.1. The lowest BCUT2D eigenvalue weighted by Crippen LogP contribution is -2.52. The van der Waals surface area contributed by atoms with E-state index in [0.717, 1.165) is 6.20 Å². The lowest BCUT2D eigenvalue weighted by molar-refractivity contribution is -0.330. The molecule has 16 heteroatoms. The second kappa shape index (κ2) is 8.62. The van der Waals surface area contributed by atoms with Crippen molar-refractivity contribution >= 4 is 15.7 Å². The third-order valence-electron chi connectivity index (χ3n) is 4.88. The molecule has 1 aromatic carbocycles. The number of aromatic nitrogens is 1. The quantitative estimate of drug-likeness (QED) is 0.527. The molecule has 0 saturated carbocycles. The molecule has 1 aromatic heterocycles. The van der Waals surface area contributed by atoms with E-state index in [1.165, 1.54) is 0 Å². The molecule has 2 N–H and O–H groups in total. The molecule has 6 nitrogen and oxygen atoms in total. The van der Waals surface area contributed by atoms with Gasteiger partial charge in [0.25, 0.3) is 10.0 Å². The van der Waals surface area contributed by atoms with Crippen LogP contribution in [0, 0.1) is 11.6 Å². The number of anilines is 1. The van der Waals surface area contributed by atoms with Gasteiger partial charge in [-0.1, -0.05) is 0 Å². The van der Waals surface area contributed by atoms with Crippen LogP contribution in [-0.4, -0.2) is 38.4 Å². The highest BCUT2D eigenvalue weighted by molar-refractivity contribution is 7.92. The van der Waals surface area contributed by atoms with Gasteiger partial charge in [0.2, 0.25) is 0 Å². The number of ether oxygens (including phenoxy) is 2. The molecule has 0 bridgehead atoms. The van der Waals surface area contributed by atoms with Gasteiger partial charge < -0.3 is 14.5 Å². The van der Waals surface area contributed by atoms with Gasteiger partial charge in [-0.15, -0.1) is 0 Å². The van der Waals surface area contributed by atoms with Crippen molar-refractivity contribution in [3.8, 4) is 5.75 Å². The molecule has 1 heterocycles. The Hall–Kier alpha value is -2.62. The average Bonchev–Trinajstić information content (AvgIpc) is 3.07. The summed E-state index contributed by atoms with van der Waals surface area (Å²) in [7, 11) is -4.73. The first-order chi connectivity index (χ1) is 15.1. The molecule has 0 spiro atoms. The summed E-state index contributed by atoms with van der Waals surface area (Å²) in [6.45, 7) is -7.23. The van der Waals surface area contributed by atoms with Crippen LogP contribution in [0.15, 0.2) is 23.2 Å². The standard InChI is InChI=1S/C17H13F9N2O4S/c18-8-4-12(31-14(20)21)9(19)3-10(8)28-33(29,30)13-6-27-11-5-16(17(24,25)26,32-15(22)23)2-1-7(11)13/h3-4,6,14-15,27-28H,1-2,5H2/t16-/m0/s1. The van der Waals surface area contributed by atoms with Crippen LogP contribution in [-0.2, 0) is 27.6 Å². The molecule has 0 saturated heterocycles. The van der Waals surface area contributed by atoms with Crippen molar-refractivity contribution in [3.63, 3.8) is 0 Å².